The lowest BCUT2D eigenvalue weighted by Gasteiger charge is -2.13. The normalized spacial score (nSPS) is 10.9. The van der Waals surface area contributed by atoms with Crippen molar-refractivity contribution in [1.82, 2.24) is 9.55 Å². The number of nitrogens with zero attached hydrogens (tertiary/aromatic N) is 1. The van der Waals surface area contributed by atoms with Crippen molar-refractivity contribution in [1.29, 1.82) is 0 Å². The van der Waals surface area contributed by atoms with E-state index >= 15 is 0 Å². The van der Waals surface area contributed by atoms with E-state index in [-0.39, 0.29) is 28.7 Å². The summed E-state index contributed by atoms with van der Waals surface area (Å²) in [6, 6.07) is 13.3. The Morgan fingerprint density at radius 2 is 1.46 bits per heavy atom. The number of aromatic nitrogens is 2. The summed E-state index contributed by atoms with van der Waals surface area (Å²) in [6.45, 7) is 0. The molecule has 4 aromatic rings. The number of carbonyl (C=O) groups is 1. The van der Waals surface area contributed by atoms with Crippen LogP contribution in [0.25, 0.3) is 23.0 Å². The molecular formula is C29H28N2O8. The van der Waals surface area contributed by atoms with Crippen LogP contribution in [0.5, 0.6) is 34.5 Å². The number of carbonyl (C=O) groups excluding carboxylic acids is 1. The Labute approximate surface area is 224 Å². The van der Waals surface area contributed by atoms with E-state index < -0.39 is 0 Å². The lowest BCUT2D eigenvalue weighted by atomic mass is 10.1. The van der Waals surface area contributed by atoms with E-state index in [1.165, 1.54) is 46.2 Å². The van der Waals surface area contributed by atoms with Crippen LogP contribution in [0.3, 0.4) is 0 Å². The first-order valence-corrected chi connectivity index (χ1v) is 11.7. The van der Waals surface area contributed by atoms with Crippen LogP contribution >= 0.6 is 0 Å². The van der Waals surface area contributed by atoms with Crippen LogP contribution in [0.15, 0.2) is 65.6 Å². The third-order valence-electron chi connectivity index (χ3n) is 6.03. The molecule has 0 unspecified atom stereocenters. The van der Waals surface area contributed by atoms with E-state index in [9.17, 15) is 14.7 Å². The minimum absolute atomic E-state index is 0.126. The van der Waals surface area contributed by atoms with Crippen LogP contribution in [-0.2, 0) is 0 Å². The van der Waals surface area contributed by atoms with Crippen LogP contribution in [0.2, 0.25) is 0 Å². The van der Waals surface area contributed by atoms with Crippen molar-refractivity contribution in [2.24, 2.45) is 0 Å². The van der Waals surface area contributed by atoms with Crippen molar-refractivity contribution in [2.75, 3.05) is 35.5 Å². The van der Waals surface area contributed by atoms with Gasteiger partial charge < -0.3 is 33.8 Å². The quantitative estimate of drug-likeness (QED) is 0.227. The maximum absolute atomic E-state index is 13.0. The molecule has 0 bridgehead atoms. The molecule has 2 N–H and O–H groups in total. The summed E-state index contributed by atoms with van der Waals surface area (Å²) in [7, 11) is 7.39. The van der Waals surface area contributed by atoms with Gasteiger partial charge in [0, 0.05) is 17.3 Å². The van der Waals surface area contributed by atoms with Gasteiger partial charge in [-0.25, -0.2) is 4.79 Å². The van der Waals surface area contributed by atoms with Gasteiger partial charge in [-0.3, -0.25) is 9.36 Å². The molecule has 0 aliphatic heterocycles. The van der Waals surface area contributed by atoms with Gasteiger partial charge in [-0.2, -0.15) is 0 Å². The average molecular weight is 533 g/mol. The summed E-state index contributed by atoms with van der Waals surface area (Å²) in [4.78, 5) is 28.7. The number of allylic oxidation sites excluding steroid dienone is 1. The van der Waals surface area contributed by atoms with Crippen LogP contribution in [0.4, 0.5) is 0 Å². The number of aromatic amines is 1. The number of H-pyrrole nitrogens is 1. The summed E-state index contributed by atoms with van der Waals surface area (Å²) >= 11 is 0. The summed E-state index contributed by atoms with van der Waals surface area (Å²) in [5.74, 6) is 1.37. The molecule has 1 aromatic heterocycles. The fourth-order valence-electron chi connectivity index (χ4n) is 4.06. The van der Waals surface area contributed by atoms with Gasteiger partial charge in [0.25, 0.3) is 0 Å². The van der Waals surface area contributed by atoms with Crippen molar-refractivity contribution in [3.8, 4) is 51.4 Å². The Balaban J connectivity index is 1.64. The van der Waals surface area contributed by atoms with Crippen LogP contribution in [-0.4, -0.2) is 56.0 Å². The molecule has 0 atom stereocenters. The van der Waals surface area contributed by atoms with E-state index in [4.69, 9.17) is 23.7 Å². The first-order valence-electron chi connectivity index (χ1n) is 11.7. The summed E-state index contributed by atoms with van der Waals surface area (Å²) < 4.78 is 27.9. The molecule has 0 amide bonds. The third-order valence-corrected chi connectivity index (χ3v) is 6.03. The maximum atomic E-state index is 13.0. The molecule has 3 aromatic carbocycles. The second-order valence-corrected chi connectivity index (χ2v) is 8.28. The van der Waals surface area contributed by atoms with Crippen LogP contribution < -0.4 is 29.4 Å². The number of benzene rings is 3. The molecule has 0 saturated heterocycles. The molecule has 0 saturated carbocycles. The summed E-state index contributed by atoms with van der Waals surface area (Å²) in [5.41, 5.74) is 2.26. The van der Waals surface area contributed by atoms with Crippen LogP contribution in [0, 0.1) is 0 Å². The van der Waals surface area contributed by atoms with Gasteiger partial charge in [0.05, 0.1) is 46.9 Å². The van der Waals surface area contributed by atoms with E-state index in [1.54, 1.807) is 60.8 Å². The third kappa shape index (κ3) is 5.45. The fourth-order valence-corrected chi connectivity index (χ4v) is 4.06. The Kier molecular flexibility index (Phi) is 7.95. The molecule has 0 radical (unpaired) electrons. The highest BCUT2D eigenvalue weighted by Crippen LogP contribution is 2.41. The SMILES string of the molecule is COc1cc(/C=C/C(=O)c2cccc(-n3cc(-c4cc(OC)c(OC)c(OC)c4)[nH]c3=O)c2)cc(OC)c1O. The number of aromatic hydroxyl groups is 1. The Bertz CT molecular complexity index is 1550. The number of phenolic OH excluding ortho intramolecular Hbond substituents is 1. The van der Waals surface area contributed by atoms with Crippen molar-refractivity contribution >= 4 is 11.9 Å². The highest BCUT2D eigenvalue weighted by molar-refractivity contribution is 6.07. The predicted molar refractivity (Wildman–Crippen MR) is 146 cm³/mol. The largest absolute Gasteiger partial charge is 0.502 e. The fraction of sp³-hybridized carbons (Fsp3) is 0.172. The first-order chi connectivity index (χ1) is 18.8. The topological polar surface area (TPSA) is 121 Å². The van der Waals surface area contributed by atoms with E-state index in [2.05, 4.69) is 4.98 Å². The molecule has 0 aliphatic rings. The number of nitrogens with one attached hydrogen (secondary N) is 1. The lowest BCUT2D eigenvalue weighted by molar-refractivity contribution is 0.104. The average Bonchev–Trinajstić information content (AvgIpc) is 3.36. The molecule has 10 nitrogen and oxygen atoms in total. The standard InChI is InChI=1S/C29H28N2O8/c1-35-23-11-17(12-24(36-2)27(23)33)9-10-22(32)18-7-6-8-20(13-18)31-16-21(30-29(31)34)19-14-25(37-3)28(39-5)26(15-19)38-4/h6-16,33H,1-5H3,(H,30,34)/b10-9+. The zero-order chi connectivity index (χ0) is 28.1. The number of rotatable bonds is 10. The molecule has 0 spiro atoms. The van der Waals surface area contributed by atoms with Gasteiger partial charge in [0.2, 0.25) is 11.5 Å². The molecular weight excluding hydrogens is 504 g/mol. The molecule has 202 valence electrons. The van der Waals surface area contributed by atoms with Crippen molar-refractivity contribution in [3.05, 3.63) is 82.4 Å². The van der Waals surface area contributed by atoms with Gasteiger partial charge in [-0.15, -0.1) is 0 Å². The highest BCUT2D eigenvalue weighted by Gasteiger charge is 2.17. The second-order valence-electron chi connectivity index (χ2n) is 8.28. The van der Waals surface area contributed by atoms with Gasteiger partial charge in [0.15, 0.2) is 28.8 Å². The minimum Gasteiger partial charge on any atom is -0.502 e. The molecule has 39 heavy (non-hydrogen) atoms. The van der Waals surface area contributed by atoms with Gasteiger partial charge >= 0.3 is 5.69 Å². The number of imidazole rings is 1. The van der Waals surface area contributed by atoms with Crippen molar-refractivity contribution in [2.45, 2.75) is 0 Å². The minimum atomic E-state index is -0.387. The highest BCUT2D eigenvalue weighted by atomic mass is 16.5. The molecule has 10 heteroatoms. The Morgan fingerprint density at radius 3 is 2.03 bits per heavy atom. The van der Waals surface area contributed by atoms with Gasteiger partial charge in [-0.05, 0) is 48.0 Å². The van der Waals surface area contributed by atoms with E-state index in [1.807, 2.05) is 0 Å². The van der Waals surface area contributed by atoms with Gasteiger partial charge in [0.1, 0.15) is 0 Å². The predicted octanol–water partition coefficient (Wildman–Crippen LogP) is 4.48. The monoisotopic (exact) mass is 532 g/mol. The number of phenols is 1. The Hall–Kier alpha value is -5.12. The van der Waals surface area contributed by atoms with Gasteiger partial charge in [-0.1, -0.05) is 18.2 Å². The number of ketones is 1. The van der Waals surface area contributed by atoms with E-state index in [0.29, 0.717) is 45.3 Å². The van der Waals surface area contributed by atoms with Crippen LogP contribution in [0.1, 0.15) is 15.9 Å². The Morgan fingerprint density at radius 1 is 0.846 bits per heavy atom. The molecule has 1 heterocycles. The summed E-state index contributed by atoms with van der Waals surface area (Å²) in [5, 5.41) is 10.1. The number of hydrogen-bond donors (Lipinski definition) is 2. The van der Waals surface area contributed by atoms with Crippen molar-refractivity contribution < 1.29 is 33.6 Å². The smallest absolute Gasteiger partial charge is 0.330 e. The first kappa shape index (κ1) is 26.9. The zero-order valence-corrected chi connectivity index (χ0v) is 22.1. The van der Waals surface area contributed by atoms with E-state index in [0.717, 1.165) is 0 Å². The second kappa shape index (κ2) is 11.5. The number of methoxy groups -OCH3 is 5. The lowest BCUT2D eigenvalue weighted by Crippen LogP contribution is -2.14. The summed E-state index contributed by atoms with van der Waals surface area (Å²) in [6.07, 6.45) is 4.62. The molecule has 0 aliphatic carbocycles. The molecule has 0 fully saturated rings. The molecule has 4 rings (SSSR count). The maximum Gasteiger partial charge on any atom is 0.330 e. The zero-order valence-electron chi connectivity index (χ0n) is 22.1. The number of ether oxygens (including phenoxy) is 5. The number of hydrogen-bond acceptors (Lipinski definition) is 8. The van der Waals surface area contributed by atoms with Crippen molar-refractivity contribution in [3.63, 3.8) is 0 Å².